The number of imide groups is 1. The van der Waals surface area contributed by atoms with Crippen molar-refractivity contribution in [3.63, 3.8) is 0 Å². The summed E-state index contributed by atoms with van der Waals surface area (Å²) in [6, 6.07) is 5.90. The zero-order valence-electron chi connectivity index (χ0n) is 23.9. The highest BCUT2D eigenvalue weighted by Gasteiger charge is 2.43. The van der Waals surface area contributed by atoms with Crippen LogP contribution in [0.5, 0.6) is 0 Å². The van der Waals surface area contributed by atoms with Gasteiger partial charge in [0.15, 0.2) is 11.6 Å². The zero-order valence-corrected chi connectivity index (χ0v) is 23.9. The third-order valence-corrected chi connectivity index (χ3v) is 7.49. The topological polar surface area (TPSA) is 113 Å². The van der Waals surface area contributed by atoms with Crippen LogP contribution in [0.3, 0.4) is 0 Å². The van der Waals surface area contributed by atoms with Gasteiger partial charge in [-0.15, -0.1) is 0 Å². The summed E-state index contributed by atoms with van der Waals surface area (Å²) in [6.45, 7) is 2.57. The molecule has 1 atom stereocenters. The molecule has 0 saturated carbocycles. The van der Waals surface area contributed by atoms with Crippen molar-refractivity contribution in [3.05, 3.63) is 76.8 Å². The first-order valence-electron chi connectivity index (χ1n) is 13.7. The van der Waals surface area contributed by atoms with E-state index in [-0.39, 0.29) is 30.0 Å². The third kappa shape index (κ3) is 6.85. The molecule has 2 aliphatic heterocycles. The number of nitrogens with zero attached hydrogens (tertiary/aromatic N) is 3. The number of carbonyl (C=O) groups is 3. The van der Waals surface area contributed by atoms with E-state index < -0.39 is 35.7 Å². The Bertz CT molecular complexity index is 1330. The molecule has 11 nitrogen and oxygen atoms in total. The van der Waals surface area contributed by atoms with Crippen molar-refractivity contribution in [1.82, 2.24) is 20.4 Å². The number of nitrogens with one attached hydrogen (secondary N) is 2. The van der Waals surface area contributed by atoms with E-state index in [1.54, 1.807) is 11.8 Å². The fourth-order valence-electron chi connectivity index (χ4n) is 5.44. The minimum absolute atomic E-state index is 0.0176. The summed E-state index contributed by atoms with van der Waals surface area (Å²) in [5, 5.41) is 5.23. The van der Waals surface area contributed by atoms with E-state index in [1.807, 2.05) is 18.3 Å². The van der Waals surface area contributed by atoms with Crippen LogP contribution in [0, 0.1) is 11.6 Å². The quantitative estimate of drug-likeness (QED) is 0.249. The second kappa shape index (κ2) is 14.2. The molecule has 3 heterocycles. The third-order valence-electron chi connectivity index (χ3n) is 7.49. The maximum Gasteiger partial charge on any atom is 0.338 e. The molecule has 1 saturated heterocycles. The van der Waals surface area contributed by atoms with Gasteiger partial charge in [0, 0.05) is 30.5 Å². The first-order chi connectivity index (χ1) is 20.3. The summed E-state index contributed by atoms with van der Waals surface area (Å²) < 4.78 is 39.8. The van der Waals surface area contributed by atoms with Crippen molar-refractivity contribution in [2.75, 3.05) is 54.1 Å². The molecule has 2 aliphatic rings. The van der Waals surface area contributed by atoms with Gasteiger partial charge in [-0.25, -0.2) is 28.1 Å². The van der Waals surface area contributed by atoms with Gasteiger partial charge in [0.2, 0.25) is 11.9 Å². The Labute approximate surface area is 243 Å². The lowest BCUT2D eigenvalue weighted by atomic mass is 9.93. The Morgan fingerprint density at radius 2 is 1.86 bits per heavy atom. The molecule has 4 rings (SSSR count). The van der Waals surface area contributed by atoms with Crippen LogP contribution in [0.25, 0.3) is 0 Å². The number of methoxy groups -OCH3 is 2. The summed E-state index contributed by atoms with van der Waals surface area (Å²) in [7, 11) is 4.15. The van der Waals surface area contributed by atoms with Crippen LogP contribution >= 0.6 is 0 Å². The van der Waals surface area contributed by atoms with Gasteiger partial charge in [-0.3, -0.25) is 4.84 Å². The van der Waals surface area contributed by atoms with Crippen LogP contribution in [0.1, 0.15) is 42.5 Å². The average Bonchev–Trinajstić information content (AvgIpc) is 3.00. The molecule has 1 aromatic heterocycles. The number of pyridine rings is 1. The van der Waals surface area contributed by atoms with E-state index in [9.17, 15) is 23.2 Å². The summed E-state index contributed by atoms with van der Waals surface area (Å²) in [5.41, 5.74) is 1.08. The lowest BCUT2D eigenvalue weighted by molar-refractivity contribution is -0.891. The molecule has 2 N–H and O–H groups in total. The molecule has 0 aliphatic carbocycles. The second-order valence-electron chi connectivity index (χ2n) is 10.0. The molecular weight excluding hydrogens is 552 g/mol. The van der Waals surface area contributed by atoms with Gasteiger partial charge in [0.1, 0.15) is 13.2 Å². The number of piperidine rings is 1. The molecule has 1 fully saturated rings. The number of rotatable bonds is 10. The number of benzene rings is 1. The van der Waals surface area contributed by atoms with E-state index in [4.69, 9.17) is 14.3 Å². The normalized spacial score (nSPS) is 18.1. The second-order valence-corrected chi connectivity index (χ2v) is 10.0. The Kier molecular flexibility index (Phi) is 10.4. The van der Waals surface area contributed by atoms with Crippen molar-refractivity contribution in [3.8, 4) is 0 Å². The van der Waals surface area contributed by atoms with Gasteiger partial charge in [0.05, 0.1) is 30.9 Å². The monoisotopic (exact) mass is 588 g/mol. The molecule has 2 aromatic rings. The number of likely N-dealkylation sites (tertiary alicyclic amines) is 1. The number of esters is 1. The number of hydrogen-bond acceptors (Lipinski definition) is 7. The summed E-state index contributed by atoms with van der Waals surface area (Å²) in [4.78, 5) is 47.8. The van der Waals surface area contributed by atoms with E-state index in [0.29, 0.717) is 12.3 Å². The first-order valence-corrected chi connectivity index (χ1v) is 13.7. The Morgan fingerprint density at radius 3 is 2.52 bits per heavy atom. The molecule has 42 heavy (non-hydrogen) atoms. The number of ether oxygens (including phenoxy) is 2. The van der Waals surface area contributed by atoms with Gasteiger partial charge in [-0.05, 0) is 62.7 Å². The molecule has 0 radical (unpaired) electrons. The van der Waals surface area contributed by atoms with E-state index in [2.05, 4.69) is 21.6 Å². The molecular formula is C29H36F2N5O6+. The van der Waals surface area contributed by atoms with Crippen LogP contribution in [0.15, 0.2) is 53.9 Å². The van der Waals surface area contributed by atoms with Crippen molar-refractivity contribution >= 4 is 18.0 Å². The average molecular weight is 589 g/mol. The predicted molar refractivity (Wildman–Crippen MR) is 146 cm³/mol. The van der Waals surface area contributed by atoms with Crippen LogP contribution < -0.4 is 20.2 Å². The van der Waals surface area contributed by atoms with E-state index in [1.165, 1.54) is 13.2 Å². The maximum atomic E-state index is 14.2. The fraction of sp³-hybridized carbons (Fsp3) is 0.448. The number of halogens is 2. The maximum absolute atomic E-state index is 14.2. The van der Waals surface area contributed by atoms with Gasteiger partial charge in [0.25, 0.3) is 0 Å². The van der Waals surface area contributed by atoms with Gasteiger partial charge < -0.3 is 25.0 Å². The van der Waals surface area contributed by atoms with Crippen LogP contribution in [0.4, 0.5) is 18.4 Å². The molecule has 4 amide bonds. The predicted octanol–water partition coefficient (Wildman–Crippen LogP) is 2.43. The highest BCUT2D eigenvalue weighted by Crippen LogP contribution is 2.35. The number of carbonyl (C=O) groups excluding carboxylic acids is 3. The standard InChI is InChI=1S/C29H35F2N5O6/c1-40-18-23-25(27(37)41-2)26(20-8-9-21(30)22(31)17-20)36(29(39)33-23)28(38)32-12-6-13-34-15-10-19(11-16-34)24-7-4-5-14-35(24)42-3/h4-5,7-9,14,17,19,26H,6,10-13,15-16,18H2,1-3H3,(H-,32,33,37,38,39)/p+1. The largest absolute Gasteiger partial charge is 0.466 e. The molecule has 226 valence electrons. The van der Waals surface area contributed by atoms with Crippen LogP contribution in [0.2, 0.25) is 0 Å². The van der Waals surface area contributed by atoms with Crippen molar-refractivity contribution in [2.24, 2.45) is 0 Å². The van der Waals surface area contributed by atoms with Crippen LogP contribution in [-0.4, -0.2) is 81.9 Å². The zero-order chi connectivity index (χ0) is 30.2. The number of aromatic nitrogens is 1. The molecule has 1 unspecified atom stereocenters. The first kappa shape index (κ1) is 30.8. The lowest BCUT2D eigenvalue weighted by Gasteiger charge is -2.36. The highest BCUT2D eigenvalue weighted by molar-refractivity contribution is 6.01. The smallest absolute Gasteiger partial charge is 0.338 e. The Morgan fingerprint density at radius 1 is 1.10 bits per heavy atom. The molecule has 1 aromatic carbocycles. The van der Waals surface area contributed by atoms with Crippen molar-refractivity contribution < 1.29 is 42.2 Å². The van der Waals surface area contributed by atoms with Gasteiger partial charge >= 0.3 is 18.0 Å². The van der Waals surface area contributed by atoms with E-state index in [0.717, 1.165) is 62.3 Å². The van der Waals surface area contributed by atoms with Gasteiger partial charge in [-0.1, -0.05) is 6.07 Å². The molecule has 13 heteroatoms. The van der Waals surface area contributed by atoms with Crippen molar-refractivity contribution in [2.45, 2.75) is 31.2 Å². The van der Waals surface area contributed by atoms with E-state index >= 15 is 0 Å². The summed E-state index contributed by atoms with van der Waals surface area (Å²) in [5.74, 6) is -2.77. The van der Waals surface area contributed by atoms with Gasteiger partial charge in [-0.2, -0.15) is 0 Å². The van der Waals surface area contributed by atoms with Crippen LogP contribution in [-0.2, 0) is 14.3 Å². The fourth-order valence-corrected chi connectivity index (χ4v) is 5.44. The molecule has 0 spiro atoms. The lowest BCUT2D eigenvalue weighted by Crippen LogP contribution is -2.55. The molecule has 0 bridgehead atoms. The Hall–Kier alpha value is -4.10. The summed E-state index contributed by atoms with van der Waals surface area (Å²) >= 11 is 0. The minimum Gasteiger partial charge on any atom is -0.466 e. The Balaban J connectivity index is 1.41. The summed E-state index contributed by atoms with van der Waals surface area (Å²) in [6.07, 6.45) is 4.44. The highest BCUT2D eigenvalue weighted by atomic mass is 19.2. The number of hydrogen-bond donors (Lipinski definition) is 2. The van der Waals surface area contributed by atoms with Crippen molar-refractivity contribution in [1.29, 1.82) is 0 Å². The minimum atomic E-state index is -1.38. The number of amides is 4. The SMILES string of the molecule is COCC1=C(C(=O)OC)C(c2ccc(F)c(F)c2)N(C(=O)NCCCN2CCC(c3cccc[n+]3OC)CC2)C(=O)N1. The number of urea groups is 2.